The van der Waals surface area contributed by atoms with Crippen LogP contribution in [0.25, 0.3) is 15.9 Å². The van der Waals surface area contributed by atoms with Gasteiger partial charge in [-0.3, -0.25) is 9.20 Å². The predicted molar refractivity (Wildman–Crippen MR) is 123 cm³/mol. The van der Waals surface area contributed by atoms with Crippen LogP contribution < -0.4 is 5.32 Å². The number of aryl methyl sites for hydroxylation is 4. The molecular weight excluding hydrogens is 414 g/mol. The van der Waals surface area contributed by atoms with Gasteiger partial charge in [0.2, 0.25) is 5.91 Å². The van der Waals surface area contributed by atoms with Gasteiger partial charge >= 0.3 is 0 Å². The van der Waals surface area contributed by atoms with E-state index in [0.29, 0.717) is 0 Å². The molecule has 1 aliphatic carbocycles. The van der Waals surface area contributed by atoms with Crippen LogP contribution >= 0.6 is 23.1 Å². The summed E-state index contributed by atoms with van der Waals surface area (Å²) in [7, 11) is 0. The lowest BCUT2D eigenvalue weighted by atomic mass is 9.97. The van der Waals surface area contributed by atoms with Gasteiger partial charge in [0.1, 0.15) is 10.7 Å². The molecule has 6 nitrogen and oxygen atoms in total. The number of benzene rings is 1. The zero-order valence-electron chi connectivity index (χ0n) is 17.1. The molecule has 0 saturated carbocycles. The summed E-state index contributed by atoms with van der Waals surface area (Å²) >= 11 is 3.22. The van der Waals surface area contributed by atoms with E-state index in [-0.39, 0.29) is 11.7 Å². The Hall–Kier alpha value is -2.45. The molecule has 4 aromatic rings. The van der Waals surface area contributed by atoms with Crippen LogP contribution in [-0.2, 0) is 24.1 Å². The second-order valence-electron chi connectivity index (χ2n) is 7.62. The Morgan fingerprint density at radius 1 is 1.27 bits per heavy atom. The van der Waals surface area contributed by atoms with Crippen molar-refractivity contribution in [2.24, 2.45) is 0 Å². The zero-order valence-corrected chi connectivity index (χ0v) is 18.7. The lowest BCUT2D eigenvalue weighted by Crippen LogP contribution is -2.14. The van der Waals surface area contributed by atoms with Gasteiger partial charge < -0.3 is 5.32 Å². The van der Waals surface area contributed by atoms with E-state index in [0.717, 1.165) is 57.4 Å². The monoisotopic (exact) mass is 437 g/mol. The van der Waals surface area contributed by atoms with Crippen molar-refractivity contribution >= 4 is 50.6 Å². The zero-order chi connectivity index (χ0) is 20.7. The molecule has 30 heavy (non-hydrogen) atoms. The molecule has 0 aliphatic heterocycles. The summed E-state index contributed by atoms with van der Waals surface area (Å²) in [5.41, 5.74) is 4.22. The Morgan fingerprint density at radius 2 is 2.13 bits per heavy atom. The van der Waals surface area contributed by atoms with Gasteiger partial charge in [0.25, 0.3) is 0 Å². The first-order valence-electron chi connectivity index (χ1n) is 10.3. The van der Waals surface area contributed by atoms with Crippen molar-refractivity contribution in [1.29, 1.82) is 0 Å². The maximum Gasteiger partial charge on any atom is 0.234 e. The highest BCUT2D eigenvalue weighted by atomic mass is 32.2. The highest BCUT2D eigenvalue weighted by Crippen LogP contribution is 2.38. The first kappa shape index (κ1) is 19.5. The lowest BCUT2D eigenvalue weighted by Gasteiger charge is -2.11. The van der Waals surface area contributed by atoms with E-state index in [1.165, 1.54) is 35.0 Å². The summed E-state index contributed by atoms with van der Waals surface area (Å²) in [6, 6.07) is 7.81. The minimum absolute atomic E-state index is 0.0534. The van der Waals surface area contributed by atoms with E-state index < -0.39 is 0 Å². The average Bonchev–Trinajstić information content (AvgIpc) is 3.32. The first-order valence-corrected chi connectivity index (χ1v) is 12.1. The van der Waals surface area contributed by atoms with Crippen LogP contribution in [0.3, 0.4) is 0 Å². The smallest absolute Gasteiger partial charge is 0.234 e. The quantitative estimate of drug-likeness (QED) is 0.453. The SMILES string of the molecule is CCc1nc2sc3c(c2c2nnc(SCC(=O)Nc4cccc(C)c4)n12)CCCC3. The maximum atomic E-state index is 12.5. The van der Waals surface area contributed by atoms with Gasteiger partial charge in [-0.05, 0) is 55.9 Å². The van der Waals surface area contributed by atoms with E-state index in [9.17, 15) is 4.79 Å². The summed E-state index contributed by atoms with van der Waals surface area (Å²) in [5, 5.41) is 13.8. The molecule has 0 saturated heterocycles. The second kappa shape index (κ2) is 8.00. The minimum atomic E-state index is -0.0534. The number of anilines is 1. The number of nitrogens with one attached hydrogen (secondary N) is 1. The normalized spacial score (nSPS) is 13.7. The van der Waals surface area contributed by atoms with Gasteiger partial charge in [0.15, 0.2) is 10.8 Å². The van der Waals surface area contributed by atoms with Crippen molar-refractivity contribution in [2.45, 2.75) is 51.1 Å². The number of fused-ring (bicyclic) bond motifs is 5. The van der Waals surface area contributed by atoms with Crippen molar-refractivity contribution in [3.8, 4) is 0 Å². The van der Waals surface area contributed by atoms with E-state index in [1.807, 2.05) is 42.5 Å². The van der Waals surface area contributed by atoms with E-state index in [1.54, 1.807) is 0 Å². The molecule has 1 aromatic carbocycles. The third-order valence-electron chi connectivity index (χ3n) is 5.45. The van der Waals surface area contributed by atoms with Gasteiger partial charge in [-0.2, -0.15) is 0 Å². The standard InChI is InChI=1S/C22H23N5OS2/c1-3-17-24-21-19(15-9-4-5-10-16(15)30-21)20-25-26-22(27(17)20)29-12-18(28)23-14-8-6-7-13(2)11-14/h6-8,11H,3-5,9-10,12H2,1-2H3,(H,23,28). The van der Waals surface area contributed by atoms with E-state index in [2.05, 4.69) is 26.8 Å². The van der Waals surface area contributed by atoms with Gasteiger partial charge in [-0.1, -0.05) is 30.8 Å². The average molecular weight is 438 g/mol. The van der Waals surface area contributed by atoms with Gasteiger partial charge in [-0.15, -0.1) is 21.5 Å². The Balaban J connectivity index is 1.45. The fraction of sp³-hybridized carbons (Fsp3) is 0.364. The van der Waals surface area contributed by atoms with Gasteiger partial charge in [0.05, 0.1) is 11.1 Å². The molecule has 154 valence electrons. The van der Waals surface area contributed by atoms with Crippen LogP contribution in [0.15, 0.2) is 29.4 Å². The number of carbonyl (C=O) groups is 1. The first-order chi connectivity index (χ1) is 14.6. The molecule has 1 aliphatic rings. The van der Waals surface area contributed by atoms with Gasteiger partial charge in [0, 0.05) is 17.0 Å². The summed E-state index contributed by atoms with van der Waals surface area (Å²) in [6.45, 7) is 4.11. The van der Waals surface area contributed by atoms with Crippen molar-refractivity contribution in [1.82, 2.24) is 19.6 Å². The number of thiophene rings is 1. The van der Waals surface area contributed by atoms with Crippen LogP contribution in [0.5, 0.6) is 0 Å². The summed E-state index contributed by atoms with van der Waals surface area (Å²) in [6.07, 6.45) is 5.48. The number of amides is 1. The number of hydrogen-bond acceptors (Lipinski definition) is 6. The van der Waals surface area contributed by atoms with Crippen LogP contribution in [-0.4, -0.2) is 31.2 Å². The summed E-state index contributed by atoms with van der Waals surface area (Å²) in [5.74, 6) is 1.17. The number of thioether (sulfide) groups is 1. The molecule has 0 unspecified atom stereocenters. The van der Waals surface area contributed by atoms with Crippen LogP contribution in [0.4, 0.5) is 5.69 Å². The molecule has 5 rings (SSSR count). The molecule has 1 N–H and O–H groups in total. The summed E-state index contributed by atoms with van der Waals surface area (Å²) < 4.78 is 2.05. The Labute approximate surface area is 183 Å². The molecule has 8 heteroatoms. The molecule has 0 fully saturated rings. The number of aromatic nitrogens is 4. The van der Waals surface area contributed by atoms with Crippen LogP contribution in [0.2, 0.25) is 0 Å². The Morgan fingerprint density at radius 3 is 2.97 bits per heavy atom. The minimum Gasteiger partial charge on any atom is -0.325 e. The van der Waals surface area contributed by atoms with E-state index >= 15 is 0 Å². The largest absolute Gasteiger partial charge is 0.325 e. The number of carbonyl (C=O) groups excluding carboxylic acids is 1. The number of nitrogens with zero attached hydrogens (tertiary/aromatic N) is 4. The molecule has 1 amide bonds. The fourth-order valence-corrected chi connectivity index (χ4v) is 6.10. The highest BCUT2D eigenvalue weighted by Gasteiger charge is 2.23. The second-order valence-corrected chi connectivity index (χ2v) is 9.65. The molecule has 3 heterocycles. The van der Waals surface area contributed by atoms with E-state index in [4.69, 9.17) is 4.98 Å². The molecule has 0 spiro atoms. The Kier molecular flexibility index (Phi) is 5.20. The molecule has 3 aromatic heterocycles. The van der Waals surface area contributed by atoms with Crippen molar-refractivity contribution in [3.63, 3.8) is 0 Å². The lowest BCUT2D eigenvalue weighted by molar-refractivity contribution is -0.113. The van der Waals surface area contributed by atoms with Crippen LogP contribution in [0.1, 0.15) is 41.6 Å². The highest BCUT2D eigenvalue weighted by molar-refractivity contribution is 7.99. The summed E-state index contributed by atoms with van der Waals surface area (Å²) in [4.78, 5) is 19.9. The molecule has 0 radical (unpaired) electrons. The van der Waals surface area contributed by atoms with Crippen molar-refractivity contribution in [3.05, 3.63) is 46.1 Å². The third kappa shape index (κ3) is 3.48. The topological polar surface area (TPSA) is 72.2 Å². The molecule has 0 atom stereocenters. The third-order valence-corrected chi connectivity index (χ3v) is 7.56. The van der Waals surface area contributed by atoms with Crippen LogP contribution in [0, 0.1) is 6.92 Å². The van der Waals surface area contributed by atoms with Crippen molar-refractivity contribution in [2.75, 3.05) is 11.1 Å². The molecular formula is C22H23N5OS2. The van der Waals surface area contributed by atoms with Crippen molar-refractivity contribution < 1.29 is 4.79 Å². The maximum absolute atomic E-state index is 12.5. The van der Waals surface area contributed by atoms with Gasteiger partial charge in [-0.25, -0.2) is 4.98 Å². The number of rotatable bonds is 5. The molecule has 0 bridgehead atoms. The Bertz CT molecular complexity index is 1260. The number of hydrogen-bond donors (Lipinski definition) is 1. The predicted octanol–water partition coefficient (Wildman–Crippen LogP) is 4.82. The fourth-order valence-electron chi connectivity index (χ4n) is 4.07.